The molecule has 160 valence electrons. The highest BCUT2D eigenvalue weighted by Gasteiger charge is 2.47. The molecule has 0 aromatic carbocycles. The van der Waals surface area contributed by atoms with Crippen molar-refractivity contribution in [3.63, 3.8) is 0 Å². The van der Waals surface area contributed by atoms with E-state index in [1.54, 1.807) is 6.42 Å². The summed E-state index contributed by atoms with van der Waals surface area (Å²) in [7, 11) is 0. The van der Waals surface area contributed by atoms with Crippen molar-refractivity contribution < 1.29 is 9.90 Å². The Morgan fingerprint density at radius 2 is 1.50 bits per heavy atom. The summed E-state index contributed by atoms with van der Waals surface area (Å²) in [5.74, 6) is 3.34. The number of nitrogens with one attached hydrogen (secondary N) is 2. The van der Waals surface area contributed by atoms with E-state index in [0.29, 0.717) is 0 Å². The van der Waals surface area contributed by atoms with Crippen LogP contribution in [0.2, 0.25) is 0 Å². The maximum atomic E-state index is 9.00. The Kier molecular flexibility index (Phi) is 9.73. The molecule has 0 unspecified atom stereocenters. The molecule has 4 nitrogen and oxygen atoms in total. The summed E-state index contributed by atoms with van der Waals surface area (Å²) >= 11 is 0. The van der Waals surface area contributed by atoms with Crippen LogP contribution < -0.4 is 10.6 Å². The van der Waals surface area contributed by atoms with Crippen molar-refractivity contribution in [2.75, 3.05) is 19.6 Å². The van der Waals surface area contributed by atoms with E-state index >= 15 is 0 Å². The minimum absolute atomic E-state index is 0.833. The fourth-order valence-electron chi connectivity index (χ4n) is 5.62. The summed E-state index contributed by atoms with van der Waals surface area (Å²) in [5, 5.41) is 14.9. The molecule has 0 aromatic rings. The van der Waals surface area contributed by atoms with E-state index in [0.717, 1.165) is 56.3 Å². The first kappa shape index (κ1) is 23.2. The lowest BCUT2D eigenvalue weighted by atomic mass is 9.54. The Morgan fingerprint density at radius 3 is 2.04 bits per heavy atom. The number of carboxylic acid groups (broad SMARTS) is 1. The lowest BCUT2D eigenvalue weighted by Crippen LogP contribution is -2.55. The molecule has 4 heteroatoms. The van der Waals surface area contributed by atoms with Gasteiger partial charge in [0.1, 0.15) is 0 Å². The number of allylic oxidation sites excluding steroid dienone is 3. The fraction of sp³-hybridized carbons (Fsp3) is 0.792. The van der Waals surface area contributed by atoms with Crippen LogP contribution in [0, 0.1) is 23.7 Å². The Labute approximate surface area is 172 Å². The number of carbonyl (C=O) groups is 1. The van der Waals surface area contributed by atoms with Gasteiger partial charge in [-0.15, -0.1) is 0 Å². The third-order valence-electron chi connectivity index (χ3n) is 6.59. The standard InChI is InChI=1S/C22H38N2.C2H4O2/c1-16(2)5-4-6-17(3)7-8-23-9-10-24-22-20-12-18-11-19(14-20)15-21(22)13-18;1-2(3)4/h5,7,18-24H,4,6,8-15H2,1-3H3;1H3,(H,3,4)/b17-7+;. The molecule has 4 saturated carbocycles. The molecular weight excluding hydrogens is 348 g/mol. The minimum Gasteiger partial charge on any atom is -0.481 e. The Hall–Kier alpha value is -1.13. The summed E-state index contributed by atoms with van der Waals surface area (Å²) in [4.78, 5) is 9.00. The van der Waals surface area contributed by atoms with Crippen LogP contribution in [0.5, 0.6) is 0 Å². The van der Waals surface area contributed by atoms with Crippen LogP contribution in [0.4, 0.5) is 0 Å². The third kappa shape index (κ3) is 8.08. The summed E-state index contributed by atoms with van der Waals surface area (Å²) < 4.78 is 0. The topological polar surface area (TPSA) is 61.4 Å². The quantitative estimate of drug-likeness (QED) is 0.392. The van der Waals surface area contributed by atoms with Crippen LogP contribution in [0.3, 0.4) is 0 Å². The lowest BCUT2D eigenvalue weighted by Gasteiger charge is -2.54. The molecule has 0 aliphatic heterocycles. The van der Waals surface area contributed by atoms with Crippen LogP contribution in [0.15, 0.2) is 23.3 Å². The highest BCUT2D eigenvalue weighted by Crippen LogP contribution is 2.53. The second kappa shape index (κ2) is 11.8. The highest BCUT2D eigenvalue weighted by molar-refractivity contribution is 5.62. The van der Waals surface area contributed by atoms with Gasteiger partial charge in [-0.3, -0.25) is 4.79 Å². The average molecular weight is 391 g/mol. The van der Waals surface area contributed by atoms with Gasteiger partial charge < -0.3 is 15.7 Å². The lowest BCUT2D eigenvalue weighted by molar-refractivity contribution is -0.134. The summed E-state index contributed by atoms with van der Waals surface area (Å²) in [6, 6.07) is 0.834. The zero-order valence-corrected chi connectivity index (χ0v) is 18.5. The molecule has 0 atom stereocenters. The molecule has 4 fully saturated rings. The second-order valence-corrected chi connectivity index (χ2v) is 9.50. The van der Waals surface area contributed by atoms with Crippen LogP contribution in [0.25, 0.3) is 0 Å². The van der Waals surface area contributed by atoms with Gasteiger partial charge in [-0.25, -0.2) is 0 Å². The van der Waals surface area contributed by atoms with Crippen LogP contribution in [-0.4, -0.2) is 36.8 Å². The van der Waals surface area contributed by atoms with E-state index in [1.807, 2.05) is 0 Å². The van der Waals surface area contributed by atoms with Gasteiger partial charge in [-0.2, -0.15) is 0 Å². The molecule has 4 bridgehead atoms. The maximum absolute atomic E-state index is 9.00. The first-order valence-corrected chi connectivity index (χ1v) is 11.3. The average Bonchev–Trinajstić information content (AvgIpc) is 2.58. The Bertz CT molecular complexity index is 517. The maximum Gasteiger partial charge on any atom is 0.300 e. The van der Waals surface area contributed by atoms with Crippen molar-refractivity contribution in [1.29, 1.82) is 0 Å². The van der Waals surface area contributed by atoms with Gasteiger partial charge in [-0.1, -0.05) is 23.3 Å². The summed E-state index contributed by atoms with van der Waals surface area (Å²) in [6.45, 7) is 10.9. The van der Waals surface area contributed by atoms with Gasteiger partial charge in [0.15, 0.2) is 0 Å². The predicted octanol–water partition coefficient (Wildman–Crippen LogP) is 4.77. The first-order valence-electron chi connectivity index (χ1n) is 11.3. The molecule has 4 aliphatic carbocycles. The van der Waals surface area contributed by atoms with Crippen LogP contribution in [0.1, 0.15) is 72.6 Å². The normalized spacial score (nSPS) is 30.6. The van der Waals surface area contributed by atoms with E-state index in [9.17, 15) is 0 Å². The summed E-state index contributed by atoms with van der Waals surface area (Å²) in [5.41, 5.74) is 2.94. The van der Waals surface area contributed by atoms with Crippen molar-refractivity contribution in [1.82, 2.24) is 10.6 Å². The van der Waals surface area contributed by atoms with Gasteiger partial charge in [0.2, 0.25) is 0 Å². The fourth-order valence-corrected chi connectivity index (χ4v) is 5.62. The predicted molar refractivity (Wildman–Crippen MR) is 117 cm³/mol. The van der Waals surface area contributed by atoms with Crippen molar-refractivity contribution in [2.24, 2.45) is 23.7 Å². The third-order valence-corrected chi connectivity index (χ3v) is 6.59. The van der Waals surface area contributed by atoms with Crippen LogP contribution in [-0.2, 0) is 4.79 Å². The van der Waals surface area contributed by atoms with Crippen molar-refractivity contribution in [3.8, 4) is 0 Å². The minimum atomic E-state index is -0.833. The van der Waals surface area contributed by atoms with Gasteiger partial charge in [0.05, 0.1) is 0 Å². The van der Waals surface area contributed by atoms with Gasteiger partial charge in [0, 0.05) is 32.6 Å². The molecule has 4 aliphatic rings. The van der Waals surface area contributed by atoms with Gasteiger partial charge in [-0.05, 0) is 89.4 Å². The Balaban J connectivity index is 0.000000640. The largest absolute Gasteiger partial charge is 0.481 e. The molecule has 3 N–H and O–H groups in total. The van der Waals surface area contributed by atoms with E-state index in [2.05, 4.69) is 43.6 Å². The van der Waals surface area contributed by atoms with E-state index < -0.39 is 5.97 Å². The van der Waals surface area contributed by atoms with Crippen molar-refractivity contribution >= 4 is 5.97 Å². The Morgan fingerprint density at radius 1 is 0.929 bits per heavy atom. The van der Waals surface area contributed by atoms with E-state index in [1.165, 1.54) is 49.7 Å². The molecular formula is C24H42N2O2. The zero-order valence-electron chi connectivity index (χ0n) is 18.5. The molecule has 0 aromatic heterocycles. The van der Waals surface area contributed by atoms with Gasteiger partial charge in [0.25, 0.3) is 5.97 Å². The highest BCUT2D eigenvalue weighted by atomic mass is 16.4. The molecule has 0 amide bonds. The molecule has 28 heavy (non-hydrogen) atoms. The van der Waals surface area contributed by atoms with Crippen LogP contribution >= 0.6 is 0 Å². The summed E-state index contributed by atoms with van der Waals surface area (Å²) in [6.07, 6.45) is 14.7. The number of carboxylic acids is 1. The van der Waals surface area contributed by atoms with E-state index in [4.69, 9.17) is 9.90 Å². The monoisotopic (exact) mass is 390 g/mol. The second-order valence-electron chi connectivity index (χ2n) is 9.50. The SMILES string of the molecule is CC(=O)O.CC(C)=CCC/C(C)=C/CNCCNC1C2CC3CC(C2)CC1C3. The first-order chi connectivity index (χ1) is 13.3. The number of rotatable bonds is 9. The smallest absolute Gasteiger partial charge is 0.300 e. The molecule has 0 heterocycles. The number of hydrogen-bond donors (Lipinski definition) is 3. The van der Waals surface area contributed by atoms with Crippen molar-refractivity contribution in [3.05, 3.63) is 23.3 Å². The molecule has 4 rings (SSSR count). The molecule has 0 spiro atoms. The van der Waals surface area contributed by atoms with E-state index in [-0.39, 0.29) is 0 Å². The number of aliphatic carboxylic acids is 1. The molecule has 0 saturated heterocycles. The zero-order chi connectivity index (χ0) is 20.5. The van der Waals surface area contributed by atoms with Gasteiger partial charge >= 0.3 is 0 Å². The molecule has 0 radical (unpaired) electrons. The van der Waals surface area contributed by atoms with Crippen molar-refractivity contribution in [2.45, 2.75) is 78.7 Å². The number of hydrogen-bond acceptors (Lipinski definition) is 3.